The first-order chi connectivity index (χ1) is 6.73. The van der Waals surface area contributed by atoms with Gasteiger partial charge in [0.05, 0.1) is 10.2 Å². The highest BCUT2D eigenvalue weighted by atomic mass is 79.9. The molecule has 0 atom stereocenters. The van der Waals surface area contributed by atoms with E-state index in [1.807, 2.05) is 4.98 Å². The zero-order valence-electron chi connectivity index (χ0n) is 6.80. The second kappa shape index (κ2) is 4.18. The molecule has 0 bridgehead atoms. The van der Waals surface area contributed by atoms with Crippen LogP contribution in [0.25, 0.3) is 0 Å². The Labute approximate surface area is 95.8 Å². The second-order valence-electron chi connectivity index (χ2n) is 2.47. The van der Waals surface area contributed by atoms with Crippen molar-refractivity contribution >= 4 is 35.7 Å². The van der Waals surface area contributed by atoms with Gasteiger partial charge < -0.3 is 4.98 Å². The average Bonchev–Trinajstić information content (AvgIpc) is 2.00. The van der Waals surface area contributed by atoms with E-state index in [0.717, 1.165) is 0 Å². The van der Waals surface area contributed by atoms with E-state index in [4.69, 9.17) is 10.7 Å². The van der Waals surface area contributed by atoms with Crippen LogP contribution in [0.15, 0.2) is 20.4 Å². The number of pyridine rings is 1. The summed E-state index contributed by atoms with van der Waals surface area (Å²) in [5.74, 6) is 0. The summed E-state index contributed by atoms with van der Waals surface area (Å²) in [5, 5.41) is 0. The molecular formula is C6H3BrClF2NO3S. The van der Waals surface area contributed by atoms with Gasteiger partial charge in [0.15, 0.2) is 0 Å². The van der Waals surface area contributed by atoms with Crippen molar-refractivity contribution in [2.24, 2.45) is 0 Å². The van der Waals surface area contributed by atoms with E-state index in [2.05, 4.69) is 15.9 Å². The van der Waals surface area contributed by atoms with Crippen LogP contribution in [0.5, 0.6) is 0 Å². The van der Waals surface area contributed by atoms with Crippen LogP contribution in [-0.2, 0) is 9.05 Å². The molecule has 9 heteroatoms. The summed E-state index contributed by atoms with van der Waals surface area (Å²) in [6, 6.07) is 0.538. The Morgan fingerprint density at radius 3 is 2.40 bits per heavy atom. The van der Waals surface area contributed by atoms with Gasteiger partial charge in [-0.3, -0.25) is 4.79 Å². The summed E-state index contributed by atoms with van der Waals surface area (Å²) in [6.07, 6.45) is -2.92. The molecule has 1 aromatic heterocycles. The lowest BCUT2D eigenvalue weighted by molar-refractivity contribution is 0.149. The minimum atomic E-state index is -4.33. The van der Waals surface area contributed by atoms with Crippen molar-refractivity contribution in [2.75, 3.05) is 0 Å². The van der Waals surface area contributed by atoms with Crippen LogP contribution in [0.1, 0.15) is 12.0 Å². The molecule has 0 radical (unpaired) electrons. The summed E-state index contributed by atoms with van der Waals surface area (Å²) >= 11 is 2.68. The maximum atomic E-state index is 12.3. The molecule has 0 aliphatic carbocycles. The molecule has 0 aliphatic rings. The van der Waals surface area contributed by atoms with Gasteiger partial charge in [-0.15, -0.1) is 0 Å². The lowest BCUT2D eigenvalue weighted by atomic mass is 10.3. The van der Waals surface area contributed by atoms with Crippen LogP contribution in [0.4, 0.5) is 8.78 Å². The quantitative estimate of drug-likeness (QED) is 0.669. The third-order valence-corrected chi connectivity index (χ3v) is 3.47. The van der Waals surface area contributed by atoms with Crippen LogP contribution >= 0.6 is 26.6 Å². The highest BCUT2D eigenvalue weighted by Crippen LogP contribution is 2.26. The maximum absolute atomic E-state index is 12.3. The van der Waals surface area contributed by atoms with E-state index in [1.165, 1.54) is 0 Å². The number of H-pyrrole nitrogens is 1. The van der Waals surface area contributed by atoms with E-state index in [9.17, 15) is 22.0 Å². The fourth-order valence-electron chi connectivity index (χ4n) is 0.843. The average molecular weight is 323 g/mol. The Hall–Kier alpha value is -0.470. The molecule has 0 saturated carbocycles. The van der Waals surface area contributed by atoms with E-state index in [-0.39, 0.29) is 4.60 Å². The Morgan fingerprint density at radius 1 is 1.47 bits per heavy atom. The Bertz CT molecular complexity index is 542. The van der Waals surface area contributed by atoms with Crippen LogP contribution in [0, 0.1) is 0 Å². The Kier molecular flexibility index (Phi) is 3.51. The third kappa shape index (κ3) is 2.76. The lowest BCUT2D eigenvalue weighted by Crippen LogP contribution is -2.16. The van der Waals surface area contributed by atoms with Crippen molar-refractivity contribution in [1.82, 2.24) is 4.98 Å². The largest absolute Gasteiger partial charge is 0.315 e. The first kappa shape index (κ1) is 12.6. The summed E-state index contributed by atoms with van der Waals surface area (Å²) in [6.45, 7) is 0. The molecule has 0 amide bonds. The summed E-state index contributed by atoms with van der Waals surface area (Å²) in [7, 11) is 0.553. The van der Waals surface area contributed by atoms with Crippen molar-refractivity contribution in [3.8, 4) is 0 Å². The van der Waals surface area contributed by atoms with Crippen LogP contribution in [-0.4, -0.2) is 13.4 Å². The van der Waals surface area contributed by atoms with Crippen LogP contribution < -0.4 is 5.56 Å². The Morgan fingerprint density at radius 2 is 2.00 bits per heavy atom. The monoisotopic (exact) mass is 321 g/mol. The first-order valence-corrected chi connectivity index (χ1v) is 6.49. The molecule has 84 valence electrons. The standard InChI is InChI=1S/C6H3BrClF2NO3S/c7-4-2(5(9)10)1-3(6(12)11-4)15(8,13)14/h1,5H,(H,11,12). The third-order valence-electron chi connectivity index (χ3n) is 1.48. The first-order valence-electron chi connectivity index (χ1n) is 3.39. The number of hydrogen-bond donors (Lipinski definition) is 1. The van der Waals surface area contributed by atoms with E-state index < -0.39 is 31.5 Å². The Balaban J connectivity index is 3.58. The zero-order chi connectivity index (χ0) is 11.8. The molecular weight excluding hydrogens is 319 g/mol. The minimum Gasteiger partial charge on any atom is -0.315 e. The second-order valence-corrected chi connectivity index (χ2v) is 5.80. The molecule has 1 rings (SSSR count). The van der Waals surface area contributed by atoms with Gasteiger partial charge in [-0.05, 0) is 22.0 Å². The molecule has 0 unspecified atom stereocenters. The lowest BCUT2D eigenvalue weighted by Gasteiger charge is -2.03. The molecule has 1 heterocycles. The highest BCUT2D eigenvalue weighted by Gasteiger charge is 2.21. The molecule has 1 N–H and O–H groups in total. The van der Waals surface area contributed by atoms with Crippen LogP contribution in [0.2, 0.25) is 0 Å². The number of halogens is 4. The highest BCUT2D eigenvalue weighted by molar-refractivity contribution is 9.10. The SMILES string of the molecule is O=c1[nH]c(Br)c(C(F)F)cc1S(=O)(=O)Cl. The number of nitrogens with one attached hydrogen (secondary N) is 1. The number of aromatic nitrogens is 1. The van der Waals surface area contributed by atoms with Crippen LogP contribution in [0.3, 0.4) is 0 Å². The van der Waals surface area contributed by atoms with Gasteiger partial charge in [-0.1, -0.05) is 0 Å². The van der Waals surface area contributed by atoms with Crippen molar-refractivity contribution in [1.29, 1.82) is 0 Å². The van der Waals surface area contributed by atoms with Crippen molar-refractivity contribution < 1.29 is 17.2 Å². The van der Waals surface area contributed by atoms with Crippen molar-refractivity contribution in [3.63, 3.8) is 0 Å². The van der Waals surface area contributed by atoms with Gasteiger partial charge in [0.1, 0.15) is 4.90 Å². The van der Waals surface area contributed by atoms with Crippen molar-refractivity contribution in [2.45, 2.75) is 11.3 Å². The molecule has 0 aromatic carbocycles. The fraction of sp³-hybridized carbons (Fsp3) is 0.167. The van der Waals surface area contributed by atoms with Gasteiger partial charge >= 0.3 is 0 Å². The van der Waals surface area contributed by atoms with Gasteiger partial charge in [-0.25, -0.2) is 17.2 Å². The smallest absolute Gasteiger partial charge is 0.268 e. The molecule has 4 nitrogen and oxygen atoms in total. The zero-order valence-corrected chi connectivity index (χ0v) is 9.96. The van der Waals surface area contributed by atoms with E-state index >= 15 is 0 Å². The van der Waals surface area contributed by atoms with Gasteiger partial charge in [-0.2, -0.15) is 0 Å². The van der Waals surface area contributed by atoms with E-state index in [1.54, 1.807) is 0 Å². The topological polar surface area (TPSA) is 67.0 Å². The number of hydrogen-bond acceptors (Lipinski definition) is 3. The molecule has 15 heavy (non-hydrogen) atoms. The number of alkyl halides is 2. The molecule has 0 spiro atoms. The molecule has 0 saturated heterocycles. The summed E-state index contributed by atoms with van der Waals surface area (Å²) < 4.78 is 46.1. The van der Waals surface area contributed by atoms with Gasteiger partial charge in [0, 0.05) is 10.7 Å². The minimum absolute atomic E-state index is 0.272. The van der Waals surface area contributed by atoms with Gasteiger partial charge in [0.2, 0.25) is 0 Å². The summed E-state index contributed by atoms with van der Waals surface area (Å²) in [4.78, 5) is 12.1. The maximum Gasteiger partial charge on any atom is 0.268 e. The van der Waals surface area contributed by atoms with Crippen molar-refractivity contribution in [3.05, 3.63) is 26.6 Å². The predicted molar refractivity (Wildman–Crippen MR) is 52.8 cm³/mol. The molecule has 0 aliphatic heterocycles. The number of rotatable bonds is 2. The molecule has 1 aromatic rings. The van der Waals surface area contributed by atoms with E-state index in [0.29, 0.717) is 6.07 Å². The molecule has 0 fully saturated rings. The van der Waals surface area contributed by atoms with Gasteiger partial charge in [0.25, 0.3) is 21.0 Å². The fourth-order valence-corrected chi connectivity index (χ4v) is 2.20. The number of aromatic amines is 1. The summed E-state index contributed by atoms with van der Waals surface area (Å²) in [5.41, 5.74) is -1.70. The normalized spacial score (nSPS) is 12.1. The predicted octanol–water partition coefficient (Wildman–Crippen LogP) is 2.00.